The van der Waals surface area contributed by atoms with Crippen LogP contribution in [-0.2, 0) is 13.0 Å². The van der Waals surface area contributed by atoms with Crippen molar-refractivity contribution < 1.29 is 4.79 Å². The third-order valence-corrected chi connectivity index (χ3v) is 4.58. The van der Waals surface area contributed by atoms with Crippen molar-refractivity contribution in [2.75, 3.05) is 0 Å². The molecule has 1 heterocycles. The molecule has 1 amide bonds. The van der Waals surface area contributed by atoms with Crippen molar-refractivity contribution >= 4 is 5.91 Å². The first-order valence-electron chi connectivity index (χ1n) is 9.03. The molecule has 0 saturated carbocycles. The molecule has 1 N–H and O–H groups in total. The molecular formula is C22H25N3O. The van der Waals surface area contributed by atoms with E-state index in [-0.39, 0.29) is 11.9 Å². The Hall–Kier alpha value is -2.88. The van der Waals surface area contributed by atoms with Gasteiger partial charge in [-0.15, -0.1) is 0 Å². The highest BCUT2D eigenvalue weighted by Gasteiger charge is 2.10. The van der Waals surface area contributed by atoms with Crippen LogP contribution in [0.25, 0.3) is 0 Å². The second-order valence-corrected chi connectivity index (χ2v) is 6.70. The highest BCUT2D eigenvalue weighted by molar-refractivity contribution is 5.94. The molecule has 0 aliphatic rings. The normalized spacial score (nSPS) is 11.9. The molecule has 0 saturated heterocycles. The molecule has 0 spiro atoms. The summed E-state index contributed by atoms with van der Waals surface area (Å²) in [6.45, 7) is 4.80. The highest BCUT2D eigenvalue weighted by Crippen LogP contribution is 2.09. The number of hydrogen-bond acceptors (Lipinski definition) is 2. The van der Waals surface area contributed by atoms with E-state index >= 15 is 0 Å². The molecule has 1 aromatic heterocycles. The van der Waals surface area contributed by atoms with Crippen molar-refractivity contribution in [3.63, 3.8) is 0 Å². The Bertz CT molecular complexity index is 837. The number of imidazole rings is 1. The first-order valence-corrected chi connectivity index (χ1v) is 9.03. The molecule has 4 heteroatoms. The van der Waals surface area contributed by atoms with E-state index in [1.165, 1.54) is 5.56 Å². The van der Waals surface area contributed by atoms with Gasteiger partial charge in [0.1, 0.15) is 5.82 Å². The monoisotopic (exact) mass is 347 g/mol. The lowest BCUT2D eigenvalue weighted by molar-refractivity contribution is 0.0938. The molecule has 3 rings (SSSR count). The fourth-order valence-electron chi connectivity index (χ4n) is 2.94. The quantitative estimate of drug-likeness (QED) is 0.702. The van der Waals surface area contributed by atoms with E-state index in [1.54, 1.807) is 6.20 Å². The van der Waals surface area contributed by atoms with Crippen molar-refractivity contribution in [1.29, 1.82) is 0 Å². The average molecular weight is 347 g/mol. The van der Waals surface area contributed by atoms with Gasteiger partial charge in [0.25, 0.3) is 5.91 Å². The Morgan fingerprint density at radius 3 is 2.46 bits per heavy atom. The number of carbonyl (C=O) groups excluding carboxylic acids is 1. The molecule has 0 radical (unpaired) electrons. The third kappa shape index (κ3) is 4.82. The van der Waals surface area contributed by atoms with Crippen LogP contribution in [-0.4, -0.2) is 21.5 Å². The predicted molar refractivity (Wildman–Crippen MR) is 104 cm³/mol. The van der Waals surface area contributed by atoms with Gasteiger partial charge in [-0.1, -0.05) is 42.5 Å². The summed E-state index contributed by atoms with van der Waals surface area (Å²) in [4.78, 5) is 16.7. The Morgan fingerprint density at radius 1 is 1.08 bits per heavy atom. The van der Waals surface area contributed by atoms with Gasteiger partial charge in [-0.05, 0) is 49.9 Å². The maximum Gasteiger partial charge on any atom is 0.251 e. The Morgan fingerprint density at radius 2 is 1.81 bits per heavy atom. The van der Waals surface area contributed by atoms with Gasteiger partial charge in [-0.2, -0.15) is 0 Å². The zero-order chi connectivity index (χ0) is 18.4. The van der Waals surface area contributed by atoms with Crippen LogP contribution in [0.1, 0.15) is 40.7 Å². The minimum absolute atomic E-state index is 0.0177. The molecule has 4 nitrogen and oxygen atoms in total. The van der Waals surface area contributed by atoms with Gasteiger partial charge in [0.2, 0.25) is 0 Å². The van der Waals surface area contributed by atoms with Gasteiger partial charge >= 0.3 is 0 Å². The number of rotatable bonds is 7. The second-order valence-electron chi connectivity index (χ2n) is 6.70. The summed E-state index contributed by atoms with van der Waals surface area (Å²) in [6, 6.07) is 18.3. The topological polar surface area (TPSA) is 46.9 Å². The van der Waals surface area contributed by atoms with E-state index in [2.05, 4.69) is 33.9 Å². The number of nitrogens with zero attached hydrogens (tertiary/aromatic N) is 2. The van der Waals surface area contributed by atoms with Crippen LogP contribution >= 0.6 is 0 Å². The predicted octanol–water partition coefficient (Wildman–Crippen LogP) is 3.99. The molecule has 3 aromatic rings. The fourth-order valence-corrected chi connectivity index (χ4v) is 2.94. The lowest BCUT2D eigenvalue weighted by Gasteiger charge is -2.14. The van der Waals surface area contributed by atoms with Gasteiger partial charge in [0, 0.05) is 30.5 Å². The Labute approximate surface area is 154 Å². The number of aromatic nitrogens is 2. The van der Waals surface area contributed by atoms with E-state index in [4.69, 9.17) is 0 Å². The summed E-state index contributed by atoms with van der Waals surface area (Å²) in [5.74, 6) is 0.968. The minimum Gasteiger partial charge on any atom is -0.350 e. The van der Waals surface area contributed by atoms with Gasteiger partial charge < -0.3 is 9.88 Å². The van der Waals surface area contributed by atoms with Crippen molar-refractivity contribution in [2.45, 2.75) is 39.3 Å². The smallest absolute Gasteiger partial charge is 0.251 e. The lowest BCUT2D eigenvalue weighted by atomic mass is 10.1. The van der Waals surface area contributed by atoms with Crippen LogP contribution in [0.5, 0.6) is 0 Å². The molecule has 1 unspecified atom stereocenters. The Kier molecular flexibility index (Phi) is 5.84. The lowest BCUT2D eigenvalue weighted by Crippen LogP contribution is -2.32. The number of hydrogen-bond donors (Lipinski definition) is 1. The number of nitrogens with one attached hydrogen (secondary N) is 1. The van der Waals surface area contributed by atoms with Crippen LogP contribution < -0.4 is 5.32 Å². The fraction of sp³-hybridized carbons (Fsp3) is 0.273. The van der Waals surface area contributed by atoms with Crippen LogP contribution in [0.15, 0.2) is 67.0 Å². The maximum absolute atomic E-state index is 12.4. The first kappa shape index (κ1) is 17.9. The molecule has 0 aliphatic carbocycles. The molecule has 26 heavy (non-hydrogen) atoms. The molecule has 1 atom stereocenters. The number of amides is 1. The van der Waals surface area contributed by atoms with E-state index in [1.807, 2.05) is 55.6 Å². The molecule has 0 bridgehead atoms. The van der Waals surface area contributed by atoms with Crippen molar-refractivity contribution in [1.82, 2.24) is 14.9 Å². The van der Waals surface area contributed by atoms with Gasteiger partial charge in [-0.25, -0.2) is 4.98 Å². The standard InChI is InChI=1S/C22H25N3O/c1-17(8-9-19-6-4-3-5-7-19)24-22(26)21-12-10-20(11-13-21)16-25-15-14-23-18(25)2/h3-7,10-15,17H,8-9,16H2,1-2H3,(H,24,26). The third-order valence-electron chi connectivity index (χ3n) is 4.58. The minimum atomic E-state index is -0.0177. The number of aryl methyl sites for hydroxylation is 2. The van der Waals surface area contributed by atoms with E-state index < -0.39 is 0 Å². The van der Waals surface area contributed by atoms with Crippen molar-refractivity contribution in [2.24, 2.45) is 0 Å². The summed E-state index contributed by atoms with van der Waals surface area (Å²) in [6.07, 6.45) is 5.65. The summed E-state index contributed by atoms with van der Waals surface area (Å²) >= 11 is 0. The maximum atomic E-state index is 12.4. The van der Waals surface area contributed by atoms with E-state index in [9.17, 15) is 4.79 Å². The summed E-state index contributed by atoms with van der Waals surface area (Å²) < 4.78 is 2.08. The molecule has 2 aromatic carbocycles. The number of carbonyl (C=O) groups is 1. The van der Waals surface area contributed by atoms with E-state index in [0.29, 0.717) is 5.56 Å². The highest BCUT2D eigenvalue weighted by atomic mass is 16.1. The zero-order valence-electron chi connectivity index (χ0n) is 15.4. The van der Waals surface area contributed by atoms with Crippen molar-refractivity contribution in [3.05, 3.63) is 89.5 Å². The second kappa shape index (κ2) is 8.48. The van der Waals surface area contributed by atoms with Crippen LogP contribution in [0, 0.1) is 6.92 Å². The average Bonchev–Trinajstić information content (AvgIpc) is 3.06. The van der Waals surface area contributed by atoms with Crippen LogP contribution in [0.3, 0.4) is 0 Å². The number of benzene rings is 2. The largest absolute Gasteiger partial charge is 0.350 e. The van der Waals surface area contributed by atoms with Gasteiger partial charge in [0.15, 0.2) is 0 Å². The van der Waals surface area contributed by atoms with Gasteiger partial charge in [-0.3, -0.25) is 4.79 Å². The van der Waals surface area contributed by atoms with Gasteiger partial charge in [0.05, 0.1) is 0 Å². The summed E-state index contributed by atoms with van der Waals surface area (Å²) in [5, 5.41) is 3.09. The molecule has 134 valence electrons. The van der Waals surface area contributed by atoms with Crippen molar-refractivity contribution in [3.8, 4) is 0 Å². The first-order chi connectivity index (χ1) is 12.6. The zero-order valence-corrected chi connectivity index (χ0v) is 15.4. The Balaban J connectivity index is 1.52. The molecule has 0 fully saturated rings. The molecular weight excluding hydrogens is 322 g/mol. The molecule has 0 aliphatic heterocycles. The van der Waals surface area contributed by atoms with Crippen LogP contribution in [0.4, 0.5) is 0 Å². The van der Waals surface area contributed by atoms with Crippen LogP contribution in [0.2, 0.25) is 0 Å². The summed E-state index contributed by atoms with van der Waals surface area (Å²) in [5.41, 5.74) is 3.15. The summed E-state index contributed by atoms with van der Waals surface area (Å²) in [7, 11) is 0. The van der Waals surface area contributed by atoms with E-state index in [0.717, 1.165) is 30.8 Å². The SMILES string of the molecule is Cc1nccn1Cc1ccc(C(=O)NC(C)CCc2ccccc2)cc1.